The molecule has 1 unspecified atom stereocenters. The minimum atomic E-state index is -0.546. The molecule has 8 heteroatoms. The summed E-state index contributed by atoms with van der Waals surface area (Å²) in [6, 6.07) is 18.5. The zero-order chi connectivity index (χ0) is 24.5. The number of carbonyl (C=O) groups is 1. The third-order valence-electron chi connectivity index (χ3n) is 5.75. The quantitative estimate of drug-likeness (QED) is 0.183. The molecule has 0 aliphatic carbocycles. The molecule has 1 N–H and O–H groups in total. The van der Waals surface area contributed by atoms with E-state index in [2.05, 4.69) is 16.9 Å². The smallest absolute Gasteiger partial charge is 0.262 e. The van der Waals surface area contributed by atoms with Gasteiger partial charge in [0.15, 0.2) is 5.16 Å². The van der Waals surface area contributed by atoms with Crippen LogP contribution in [0.25, 0.3) is 32.8 Å². The second-order valence-electron chi connectivity index (χ2n) is 8.01. The molecule has 0 saturated heterocycles. The van der Waals surface area contributed by atoms with Gasteiger partial charge in [-0.1, -0.05) is 48.2 Å². The minimum absolute atomic E-state index is 0.164. The summed E-state index contributed by atoms with van der Waals surface area (Å²) in [6.07, 6.45) is 1.64. The molecule has 0 fully saturated rings. The van der Waals surface area contributed by atoms with E-state index in [1.807, 2.05) is 36.4 Å². The number of fused-ring (bicyclic) bond motifs is 4. The summed E-state index contributed by atoms with van der Waals surface area (Å²) in [4.78, 5) is 30.8. The van der Waals surface area contributed by atoms with E-state index in [4.69, 9.17) is 9.15 Å². The average Bonchev–Trinajstić information content (AvgIpc) is 3.23. The Bertz CT molecular complexity index is 1650. The number of hydrogen-bond acceptors (Lipinski definition) is 6. The summed E-state index contributed by atoms with van der Waals surface area (Å²) < 4.78 is 13.0. The van der Waals surface area contributed by atoms with E-state index in [-0.39, 0.29) is 11.5 Å². The number of nitrogens with one attached hydrogen (secondary N) is 1. The molecular weight excluding hydrogens is 462 g/mol. The van der Waals surface area contributed by atoms with E-state index in [1.165, 1.54) is 16.3 Å². The van der Waals surface area contributed by atoms with Crippen molar-refractivity contribution < 1.29 is 13.9 Å². The van der Waals surface area contributed by atoms with Crippen LogP contribution in [0.5, 0.6) is 5.75 Å². The highest BCUT2D eigenvalue weighted by Gasteiger charge is 2.21. The molecule has 0 radical (unpaired) electrons. The maximum atomic E-state index is 13.2. The number of hydrogen-bond donors (Lipinski definition) is 1. The van der Waals surface area contributed by atoms with Gasteiger partial charge in [0.2, 0.25) is 5.91 Å². The molecular formula is C27H23N3O4S. The maximum Gasteiger partial charge on any atom is 0.262 e. The van der Waals surface area contributed by atoms with E-state index < -0.39 is 5.25 Å². The van der Waals surface area contributed by atoms with Crippen molar-refractivity contribution in [1.82, 2.24) is 9.55 Å². The van der Waals surface area contributed by atoms with E-state index >= 15 is 0 Å². The first kappa shape index (κ1) is 22.7. The number of amides is 1. The Labute approximate surface area is 205 Å². The van der Waals surface area contributed by atoms with Crippen LogP contribution in [0.15, 0.2) is 87.7 Å². The number of carbonyl (C=O) groups excluding carboxylic acids is 1. The number of allylic oxidation sites excluding steroid dienone is 1. The van der Waals surface area contributed by atoms with Gasteiger partial charge in [-0.2, -0.15) is 0 Å². The molecule has 5 aromatic rings. The Morgan fingerprint density at radius 1 is 1.14 bits per heavy atom. The number of para-hydroxylation sites is 2. The Morgan fingerprint density at radius 3 is 2.66 bits per heavy atom. The van der Waals surface area contributed by atoms with Crippen LogP contribution in [0.2, 0.25) is 0 Å². The van der Waals surface area contributed by atoms with Crippen LogP contribution < -0.4 is 15.6 Å². The molecule has 2 aromatic heterocycles. The molecule has 176 valence electrons. The van der Waals surface area contributed by atoms with Gasteiger partial charge in [0, 0.05) is 23.4 Å². The summed E-state index contributed by atoms with van der Waals surface area (Å²) in [7, 11) is 1.56. The molecule has 7 nitrogen and oxygen atoms in total. The third-order valence-corrected chi connectivity index (χ3v) is 6.84. The first-order valence-corrected chi connectivity index (χ1v) is 12.0. The van der Waals surface area contributed by atoms with Crippen molar-refractivity contribution in [1.29, 1.82) is 0 Å². The Morgan fingerprint density at radius 2 is 1.89 bits per heavy atom. The predicted molar refractivity (Wildman–Crippen MR) is 140 cm³/mol. The summed E-state index contributed by atoms with van der Waals surface area (Å²) >= 11 is 1.22. The van der Waals surface area contributed by atoms with Gasteiger partial charge in [-0.25, -0.2) is 4.98 Å². The van der Waals surface area contributed by atoms with Crippen LogP contribution in [0, 0.1) is 0 Å². The van der Waals surface area contributed by atoms with Gasteiger partial charge in [0.1, 0.15) is 16.9 Å². The lowest BCUT2D eigenvalue weighted by Crippen LogP contribution is -2.27. The molecule has 1 atom stereocenters. The highest BCUT2D eigenvalue weighted by molar-refractivity contribution is 8.00. The van der Waals surface area contributed by atoms with Crippen LogP contribution in [0.1, 0.15) is 6.92 Å². The summed E-state index contributed by atoms with van der Waals surface area (Å²) in [5.74, 6) is 0.276. The molecule has 0 spiro atoms. The number of rotatable bonds is 7. The highest BCUT2D eigenvalue weighted by atomic mass is 32.2. The Kier molecular flexibility index (Phi) is 6.05. The van der Waals surface area contributed by atoms with Gasteiger partial charge in [-0.3, -0.25) is 14.2 Å². The molecule has 1 amide bonds. The highest BCUT2D eigenvalue weighted by Crippen LogP contribution is 2.36. The number of nitrogens with zero attached hydrogens (tertiary/aromatic N) is 2. The van der Waals surface area contributed by atoms with E-state index in [0.29, 0.717) is 39.6 Å². The lowest BCUT2D eigenvalue weighted by Gasteiger charge is -2.16. The van der Waals surface area contributed by atoms with Crippen LogP contribution in [0.3, 0.4) is 0 Å². The zero-order valence-electron chi connectivity index (χ0n) is 19.3. The number of aromatic nitrogens is 2. The third kappa shape index (κ3) is 4.17. The summed E-state index contributed by atoms with van der Waals surface area (Å²) in [6.45, 7) is 5.81. The fourth-order valence-electron chi connectivity index (χ4n) is 3.99. The molecule has 0 bridgehead atoms. The Hall–Kier alpha value is -4.04. The maximum absolute atomic E-state index is 13.2. The lowest BCUT2D eigenvalue weighted by atomic mass is 10.1. The van der Waals surface area contributed by atoms with Crippen LogP contribution >= 0.6 is 11.8 Å². The standard InChI is InChI=1S/C27H23N3O4S/c1-4-13-30-26(32)18-10-5-7-11-20(18)29-27(30)35-16(2)25(31)28-21-15-23-19(14-24(21)33-3)17-9-6-8-12-22(17)34-23/h4-12,14-16H,1,13H2,2-3H3,(H,28,31). The molecule has 0 saturated carbocycles. The van der Waals surface area contributed by atoms with E-state index in [9.17, 15) is 9.59 Å². The van der Waals surface area contributed by atoms with Crippen LogP contribution in [0.4, 0.5) is 5.69 Å². The Balaban J connectivity index is 1.45. The fraction of sp³-hybridized carbons (Fsp3) is 0.148. The van der Waals surface area contributed by atoms with Gasteiger partial charge in [-0.15, -0.1) is 6.58 Å². The first-order valence-electron chi connectivity index (χ1n) is 11.1. The van der Waals surface area contributed by atoms with E-state index in [1.54, 1.807) is 44.4 Å². The molecule has 35 heavy (non-hydrogen) atoms. The molecule has 2 heterocycles. The van der Waals surface area contributed by atoms with Crippen molar-refractivity contribution in [2.75, 3.05) is 12.4 Å². The van der Waals surface area contributed by atoms with Crippen LogP contribution in [-0.2, 0) is 11.3 Å². The van der Waals surface area contributed by atoms with Crippen molar-refractivity contribution in [3.05, 3.63) is 83.7 Å². The monoisotopic (exact) mass is 485 g/mol. The predicted octanol–water partition coefficient (Wildman–Crippen LogP) is 5.61. The fourth-order valence-corrected chi connectivity index (χ4v) is 4.91. The molecule has 0 aliphatic rings. The largest absolute Gasteiger partial charge is 0.495 e. The van der Waals surface area contributed by atoms with Crippen molar-refractivity contribution in [2.45, 2.75) is 23.9 Å². The van der Waals surface area contributed by atoms with Crippen molar-refractivity contribution in [2.24, 2.45) is 0 Å². The first-order chi connectivity index (χ1) is 17.0. The second-order valence-corrected chi connectivity index (χ2v) is 9.32. The summed E-state index contributed by atoms with van der Waals surface area (Å²) in [5.41, 5.74) is 2.34. The number of methoxy groups -OCH3 is 1. The van der Waals surface area contributed by atoms with Crippen molar-refractivity contribution >= 4 is 56.2 Å². The normalized spacial score (nSPS) is 12.2. The van der Waals surface area contributed by atoms with Gasteiger partial charge in [0.05, 0.1) is 29.0 Å². The number of benzene rings is 3. The SMILES string of the molecule is C=CCn1c(SC(C)C(=O)Nc2cc3oc4ccccc4c3cc2OC)nc2ccccc2c1=O. The van der Waals surface area contributed by atoms with Crippen molar-refractivity contribution in [3.63, 3.8) is 0 Å². The van der Waals surface area contributed by atoms with Gasteiger partial charge in [-0.05, 0) is 31.2 Å². The molecule has 5 rings (SSSR count). The average molecular weight is 486 g/mol. The summed E-state index contributed by atoms with van der Waals surface area (Å²) in [5, 5.41) is 5.26. The van der Waals surface area contributed by atoms with Gasteiger partial charge >= 0.3 is 0 Å². The number of thioether (sulfide) groups is 1. The zero-order valence-corrected chi connectivity index (χ0v) is 20.1. The lowest BCUT2D eigenvalue weighted by molar-refractivity contribution is -0.115. The van der Waals surface area contributed by atoms with Crippen molar-refractivity contribution in [3.8, 4) is 5.75 Å². The molecule has 0 aliphatic heterocycles. The molecule has 3 aromatic carbocycles. The minimum Gasteiger partial charge on any atom is -0.495 e. The van der Waals surface area contributed by atoms with Crippen LogP contribution in [-0.4, -0.2) is 27.8 Å². The van der Waals surface area contributed by atoms with E-state index in [0.717, 1.165) is 16.4 Å². The second kappa shape index (κ2) is 9.31. The number of furan rings is 1. The van der Waals surface area contributed by atoms with Gasteiger partial charge in [0.25, 0.3) is 5.56 Å². The number of ether oxygens (including phenoxy) is 1. The topological polar surface area (TPSA) is 86.4 Å². The van der Waals surface area contributed by atoms with Gasteiger partial charge < -0.3 is 14.5 Å². The number of anilines is 1.